The molecule has 0 spiro atoms. The van der Waals surface area contributed by atoms with Crippen molar-refractivity contribution in [3.8, 4) is 5.75 Å². The van der Waals surface area contributed by atoms with Gasteiger partial charge >= 0.3 is 5.97 Å². The minimum Gasteiger partial charge on any atom is -0.496 e. The van der Waals surface area contributed by atoms with Gasteiger partial charge in [-0.3, -0.25) is 4.79 Å². The summed E-state index contributed by atoms with van der Waals surface area (Å²) in [6.45, 7) is 2.33. The number of rotatable bonds is 7. The largest absolute Gasteiger partial charge is 0.496 e. The van der Waals surface area contributed by atoms with Crippen molar-refractivity contribution in [2.24, 2.45) is 0 Å². The van der Waals surface area contributed by atoms with Gasteiger partial charge in [-0.15, -0.1) is 0 Å². The van der Waals surface area contributed by atoms with Gasteiger partial charge in [0.1, 0.15) is 5.75 Å². The van der Waals surface area contributed by atoms with Gasteiger partial charge in [-0.25, -0.2) is 4.79 Å². The van der Waals surface area contributed by atoms with Gasteiger partial charge in [0.2, 0.25) is 5.91 Å². The van der Waals surface area contributed by atoms with Crippen LogP contribution in [0, 0.1) is 0 Å². The number of nitrogens with one attached hydrogen (secondary N) is 1. The normalized spacial score (nSPS) is 11.6. The van der Waals surface area contributed by atoms with E-state index in [9.17, 15) is 9.59 Å². The van der Waals surface area contributed by atoms with Crippen LogP contribution in [0.25, 0.3) is 0 Å². The minimum absolute atomic E-state index is 0.0395. The number of methoxy groups -OCH3 is 1. The lowest BCUT2D eigenvalue weighted by molar-refractivity contribution is -0.122. The predicted molar refractivity (Wildman–Crippen MR) is 91.5 cm³/mol. The zero-order valence-corrected chi connectivity index (χ0v) is 13.8. The molecule has 0 aliphatic rings. The molecule has 5 nitrogen and oxygen atoms in total. The number of aromatic carboxylic acids is 1. The molecule has 24 heavy (non-hydrogen) atoms. The Labute approximate surface area is 141 Å². The maximum atomic E-state index is 12.2. The van der Waals surface area contributed by atoms with Crippen LogP contribution in [0.5, 0.6) is 5.75 Å². The number of ether oxygens (including phenoxy) is 1. The van der Waals surface area contributed by atoms with E-state index in [0.29, 0.717) is 18.7 Å². The maximum absolute atomic E-state index is 12.2. The zero-order valence-electron chi connectivity index (χ0n) is 13.8. The van der Waals surface area contributed by atoms with Gasteiger partial charge in [0.15, 0.2) is 0 Å². The van der Waals surface area contributed by atoms with Crippen LogP contribution in [-0.2, 0) is 11.2 Å². The van der Waals surface area contributed by atoms with Gasteiger partial charge in [-0.1, -0.05) is 36.4 Å². The van der Waals surface area contributed by atoms with E-state index in [2.05, 4.69) is 5.32 Å². The number of carbonyl (C=O) groups excluding carboxylic acids is 1. The van der Waals surface area contributed by atoms with Crippen LogP contribution < -0.4 is 10.1 Å². The van der Waals surface area contributed by atoms with Crippen LogP contribution in [0.3, 0.4) is 0 Å². The second-order valence-corrected chi connectivity index (χ2v) is 5.51. The molecule has 0 saturated heterocycles. The summed E-state index contributed by atoms with van der Waals surface area (Å²) in [4.78, 5) is 23.2. The maximum Gasteiger partial charge on any atom is 0.335 e. The summed E-state index contributed by atoms with van der Waals surface area (Å²) in [5.74, 6) is -0.741. The number of carboxylic acid groups (broad SMARTS) is 1. The van der Waals surface area contributed by atoms with E-state index in [4.69, 9.17) is 9.84 Å². The first-order valence-corrected chi connectivity index (χ1v) is 7.75. The SMILES string of the molecule is COc1cc(C(=O)O)ccc1CCNC(=O)[C@H](C)c1ccccc1. The van der Waals surface area contributed by atoms with Crippen LogP contribution in [0.1, 0.15) is 34.3 Å². The highest BCUT2D eigenvalue weighted by Crippen LogP contribution is 2.21. The van der Waals surface area contributed by atoms with Crippen LogP contribution in [0.2, 0.25) is 0 Å². The zero-order chi connectivity index (χ0) is 17.5. The van der Waals surface area contributed by atoms with E-state index < -0.39 is 5.97 Å². The molecule has 0 saturated carbocycles. The summed E-state index contributed by atoms with van der Waals surface area (Å²) in [5, 5.41) is 11.9. The minimum atomic E-state index is -0.996. The summed E-state index contributed by atoms with van der Waals surface area (Å²) in [5.41, 5.74) is 2.01. The van der Waals surface area contributed by atoms with E-state index in [-0.39, 0.29) is 17.4 Å². The van der Waals surface area contributed by atoms with Crippen molar-refractivity contribution in [3.63, 3.8) is 0 Å². The quantitative estimate of drug-likeness (QED) is 0.820. The fourth-order valence-electron chi connectivity index (χ4n) is 2.45. The molecule has 0 bridgehead atoms. The topological polar surface area (TPSA) is 75.6 Å². The van der Waals surface area contributed by atoms with Crippen molar-refractivity contribution in [3.05, 3.63) is 65.2 Å². The van der Waals surface area contributed by atoms with Gasteiger partial charge in [0, 0.05) is 6.54 Å². The number of amides is 1. The lowest BCUT2D eigenvalue weighted by Crippen LogP contribution is -2.29. The lowest BCUT2D eigenvalue weighted by Gasteiger charge is -2.13. The molecule has 2 aromatic carbocycles. The van der Waals surface area contributed by atoms with Crippen molar-refractivity contribution in [1.82, 2.24) is 5.32 Å². The van der Waals surface area contributed by atoms with Crippen molar-refractivity contribution in [2.45, 2.75) is 19.3 Å². The fraction of sp³-hybridized carbons (Fsp3) is 0.263. The molecule has 1 atom stereocenters. The first kappa shape index (κ1) is 17.5. The van der Waals surface area contributed by atoms with Crippen molar-refractivity contribution in [2.75, 3.05) is 13.7 Å². The summed E-state index contributed by atoms with van der Waals surface area (Å²) >= 11 is 0. The molecule has 0 radical (unpaired) electrons. The molecule has 2 N–H and O–H groups in total. The third-order valence-electron chi connectivity index (χ3n) is 3.92. The highest BCUT2D eigenvalue weighted by Gasteiger charge is 2.15. The number of benzene rings is 2. The molecule has 0 aromatic heterocycles. The first-order chi connectivity index (χ1) is 11.5. The molecule has 1 amide bonds. The van der Waals surface area contributed by atoms with Crippen LogP contribution in [0.15, 0.2) is 48.5 Å². The fourth-order valence-corrected chi connectivity index (χ4v) is 2.45. The highest BCUT2D eigenvalue weighted by atomic mass is 16.5. The number of carboxylic acids is 1. The van der Waals surface area contributed by atoms with Gasteiger partial charge in [-0.2, -0.15) is 0 Å². The average molecular weight is 327 g/mol. The Hall–Kier alpha value is -2.82. The van der Waals surface area contributed by atoms with E-state index in [0.717, 1.165) is 11.1 Å². The second kappa shape index (κ2) is 8.15. The van der Waals surface area contributed by atoms with Crippen LogP contribution in [-0.4, -0.2) is 30.6 Å². The molecular formula is C19H21NO4. The van der Waals surface area contributed by atoms with Gasteiger partial charge in [0.25, 0.3) is 0 Å². The molecule has 126 valence electrons. The molecule has 0 fully saturated rings. The Morgan fingerprint density at radius 2 is 1.88 bits per heavy atom. The summed E-state index contributed by atoms with van der Waals surface area (Å²) in [6, 6.07) is 14.3. The van der Waals surface area contributed by atoms with Gasteiger partial charge in [-0.05, 0) is 36.6 Å². The first-order valence-electron chi connectivity index (χ1n) is 7.75. The summed E-state index contributed by atoms with van der Waals surface area (Å²) in [7, 11) is 1.50. The molecule has 5 heteroatoms. The standard InChI is InChI=1S/C19H21NO4/c1-13(14-6-4-3-5-7-14)18(21)20-11-10-15-8-9-16(19(22)23)12-17(15)24-2/h3-9,12-13H,10-11H2,1-2H3,(H,20,21)(H,22,23)/t13-/m1/s1. The molecule has 0 heterocycles. The molecular weight excluding hydrogens is 306 g/mol. The molecule has 0 aliphatic carbocycles. The average Bonchev–Trinajstić information content (AvgIpc) is 2.61. The van der Waals surface area contributed by atoms with Crippen molar-refractivity contribution in [1.29, 1.82) is 0 Å². The third-order valence-corrected chi connectivity index (χ3v) is 3.92. The molecule has 2 rings (SSSR count). The van der Waals surface area contributed by atoms with E-state index >= 15 is 0 Å². The smallest absolute Gasteiger partial charge is 0.335 e. The number of hydrogen-bond acceptors (Lipinski definition) is 3. The van der Waals surface area contributed by atoms with E-state index in [1.165, 1.54) is 19.2 Å². The lowest BCUT2D eigenvalue weighted by atomic mass is 10.0. The second-order valence-electron chi connectivity index (χ2n) is 5.51. The number of carbonyl (C=O) groups is 2. The molecule has 0 aliphatic heterocycles. The van der Waals surface area contributed by atoms with E-state index in [1.54, 1.807) is 6.07 Å². The van der Waals surface area contributed by atoms with Crippen LogP contribution in [0.4, 0.5) is 0 Å². The summed E-state index contributed by atoms with van der Waals surface area (Å²) < 4.78 is 5.23. The third kappa shape index (κ3) is 4.35. The monoisotopic (exact) mass is 327 g/mol. The Balaban J connectivity index is 1.94. The number of hydrogen-bond donors (Lipinski definition) is 2. The molecule has 2 aromatic rings. The Morgan fingerprint density at radius 1 is 1.17 bits per heavy atom. The van der Waals surface area contributed by atoms with Gasteiger partial charge in [0.05, 0.1) is 18.6 Å². The van der Waals surface area contributed by atoms with Crippen LogP contribution >= 0.6 is 0 Å². The van der Waals surface area contributed by atoms with Crippen molar-refractivity contribution >= 4 is 11.9 Å². The Kier molecular flexibility index (Phi) is 5.95. The van der Waals surface area contributed by atoms with Crippen molar-refractivity contribution < 1.29 is 19.4 Å². The summed E-state index contributed by atoms with van der Waals surface area (Å²) in [6.07, 6.45) is 0.566. The Bertz CT molecular complexity index is 713. The van der Waals surface area contributed by atoms with Gasteiger partial charge < -0.3 is 15.2 Å². The Morgan fingerprint density at radius 3 is 2.50 bits per heavy atom. The molecule has 0 unspecified atom stereocenters. The van der Waals surface area contributed by atoms with E-state index in [1.807, 2.05) is 37.3 Å². The highest BCUT2D eigenvalue weighted by molar-refractivity contribution is 5.88. The predicted octanol–water partition coefficient (Wildman–Crippen LogP) is 2.86.